The first kappa shape index (κ1) is 15.9. The SMILES string of the molecule is C=C1C2(C(=O)N3CCC(c4ccc(F)cc4)C3)CCC(C2)C1(C)C. The molecule has 0 N–H and O–H groups in total. The van der Waals surface area contributed by atoms with Crippen LogP contribution in [0.25, 0.3) is 0 Å². The van der Waals surface area contributed by atoms with Crippen LogP contribution in [0, 0.1) is 22.6 Å². The molecule has 2 saturated carbocycles. The van der Waals surface area contributed by atoms with Gasteiger partial charge < -0.3 is 4.90 Å². The van der Waals surface area contributed by atoms with Gasteiger partial charge in [-0.2, -0.15) is 0 Å². The molecule has 0 aromatic heterocycles. The average molecular weight is 327 g/mol. The summed E-state index contributed by atoms with van der Waals surface area (Å²) in [5, 5.41) is 0. The van der Waals surface area contributed by atoms with Crippen molar-refractivity contribution in [1.29, 1.82) is 0 Å². The molecule has 3 atom stereocenters. The van der Waals surface area contributed by atoms with Crippen molar-refractivity contribution in [3.05, 3.63) is 47.8 Å². The first-order valence-electron chi connectivity index (χ1n) is 9.09. The van der Waals surface area contributed by atoms with Gasteiger partial charge in [0.2, 0.25) is 5.91 Å². The molecule has 1 heterocycles. The van der Waals surface area contributed by atoms with Gasteiger partial charge in [0.15, 0.2) is 0 Å². The summed E-state index contributed by atoms with van der Waals surface area (Å²) in [7, 11) is 0. The molecule has 128 valence electrons. The summed E-state index contributed by atoms with van der Waals surface area (Å²) in [5.41, 5.74) is 2.07. The zero-order valence-electron chi connectivity index (χ0n) is 14.6. The van der Waals surface area contributed by atoms with E-state index in [1.807, 2.05) is 17.0 Å². The van der Waals surface area contributed by atoms with Gasteiger partial charge >= 0.3 is 0 Å². The zero-order valence-corrected chi connectivity index (χ0v) is 14.6. The van der Waals surface area contributed by atoms with Crippen molar-refractivity contribution < 1.29 is 9.18 Å². The van der Waals surface area contributed by atoms with E-state index in [4.69, 9.17) is 0 Å². The lowest BCUT2D eigenvalue weighted by Gasteiger charge is -2.39. The molecule has 1 aromatic rings. The smallest absolute Gasteiger partial charge is 0.232 e. The standard InChI is InChI=1S/C21H26FNO/c1-14-20(2,3)17-8-10-21(14,12-17)19(24)23-11-9-16(13-23)15-4-6-18(22)7-5-15/h4-7,16-17H,1,8-13H2,2-3H3. The Morgan fingerprint density at radius 1 is 1.25 bits per heavy atom. The number of carbonyl (C=O) groups excluding carboxylic acids is 1. The first-order valence-corrected chi connectivity index (χ1v) is 9.09. The number of likely N-dealkylation sites (tertiary alicyclic amines) is 1. The summed E-state index contributed by atoms with van der Waals surface area (Å²) < 4.78 is 13.1. The highest BCUT2D eigenvalue weighted by Crippen LogP contribution is 2.66. The first-order chi connectivity index (χ1) is 11.3. The van der Waals surface area contributed by atoms with E-state index in [0.29, 0.717) is 17.7 Å². The lowest BCUT2D eigenvalue weighted by molar-refractivity contribution is -0.138. The third-order valence-corrected chi connectivity index (χ3v) is 7.12. The molecule has 1 aliphatic heterocycles. The number of rotatable bonds is 2. The lowest BCUT2D eigenvalue weighted by atomic mass is 9.68. The molecular weight excluding hydrogens is 301 g/mol. The number of carbonyl (C=O) groups is 1. The molecule has 24 heavy (non-hydrogen) atoms. The van der Waals surface area contributed by atoms with Crippen LogP contribution in [0.3, 0.4) is 0 Å². The van der Waals surface area contributed by atoms with Crippen LogP contribution in [-0.2, 0) is 4.79 Å². The molecule has 1 amide bonds. The topological polar surface area (TPSA) is 20.3 Å². The van der Waals surface area contributed by atoms with E-state index >= 15 is 0 Å². The summed E-state index contributed by atoms with van der Waals surface area (Å²) in [6, 6.07) is 6.74. The largest absolute Gasteiger partial charge is 0.341 e. The molecule has 2 aliphatic carbocycles. The van der Waals surface area contributed by atoms with E-state index in [0.717, 1.165) is 49.9 Å². The monoisotopic (exact) mass is 327 g/mol. The maximum atomic E-state index is 13.4. The minimum Gasteiger partial charge on any atom is -0.341 e. The van der Waals surface area contributed by atoms with E-state index in [2.05, 4.69) is 20.4 Å². The molecule has 0 spiro atoms. The molecule has 3 fully saturated rings. The summed E-state index contributed by atoms with van der Waals surface area (Å²) in [6.07, 6.45) is 4.06. The minimum atomic E-state index is -0.314. The van der Waals surface area contributed by atoms with Crippen molar-refractivity contribution in [2.45, 2.75) is 45.4 Å². The molecule has 3 heteroatoms. The summed E-state index contributed by atoms with van der Waals surface area (Å²) in [5.74, 6) is 1.02. The van der Waals surface area contributed by atoms with E-state index in [1.165, 1.54) is 12.1 Å². The van der Waals surface area contributed by atoms with Crippen molar-refractivity contribution in [2.24, 2.45) is 16.7 Å². The van der Waals surface area contributed by atoms with Crippen LogP contribution >= 0.6 is 0 Å². The third-order valence-electron chi connectivity index (χ3n) is 7.12. The highest BCUT2D eigenvalue weighted by molar-refractivity contribution is 5.88. The molecule has 3 unspecified atom stereocenters. The van der Waals surface area contributed by atoms with Gasteiger partial charge in [0.25, 0.3) is 0 Å². The number of nitrogens with zero attached hydrogens (tertiary/aromatic N) is 1. The lowest BCUT2D eigenvalue weighted by Crippen LogP contribution is -2.43. The summed E-state index contributed by atoms with van der Waals surface area (Å²) in [6.45, 7) is 10.4. The Morgan fingerprint density at radius 3 is 2.58 bits per heavy atom. The van der Waals surface area contributed by atoms with Gasteiger partial charge in [-0.3, -0.25) is 4.79 Å². The summed E-state index contributed by atoms with van der Waals surface area (Å²) in [4.78, 5) is 15.4. The fourth-order valence-corrected chi connectivity index (χ4v) is 5.38. The second-order valence-corrected chi connectivity index (χ2v) is 8.51. The van der Waals surface area contributed by atoms with Crippen LogP contribution in [0.1, 0.15) is 51.0 Å². The molecular formula is C21H26FNO. The molecule has 2 bridgehead atoms. The third kappa shape index (κ3) is 2.09. The number of fused-ring (bicyclic) bond motifs is 2. The Labute approximate surface area is 143 Å². The van der Waals surface area contributed by atoms with Gasteiger partial charge in [0, 0.05) is 19.0 Å². The number of hydrogen-bond acceptors (Lipinski definition) is 1. The van der Waals surface area contributed by atoms with Crippen LogP contribution in [0.5, 0.6) is 0 Å². The van der Waals surface area contributed by atoms with Crippen molar-refractivity contribution in [3.63, 3.8) is 0 Å². The highest BCUT2D eigenvalue weighted by Gasteiger charge is 2.61. The number of amides is 1. The Kier molecular flexibility index (Phi) is 3.42. The molecule has 1 aromatic carbocycles. The van der Waals surface area contributed by atoms with Gasteiger partial charge in [-0.1, -0.05) is 38.1 Å². The fraction of sp³-hybridized carbons (Fsp3) is 0.571. The van der Waals surface area contributed by atoms with Crippen molar-refractivity contribution in [2.75, 3.05) is 13.1 Å². The zero-order chi connectivity index (χ0) is 17.1. The minimum absolute atomic E-state index is 0.0873. The second-order valence-electron chi connectivity index (χ2n) is 8.51. The van der Waals surface area contributed by atoms with Gasteiger partial charge in [-0.15, -0.1) is 0 Å². The molecule has 2 nitrogen and oxygen atoms in total. The molecule has 1 saturated heterocycles. The maximum absolute atomic E-state index is 13.4. The fourth-order valence-electron chi connectivity index (χ4n) is 5.38. The second kappa shape index (κ2) is 5.18. The Morgan fingerprint density at radius 2 is 1.96 bits per heavy atom. The molecule has 3 aliphatic rings. The Balaban J connectivity index is 1.52. The van der Waals surface area contributed by atoms with Gasteiger partial charge in [0.05, 0.1) is 5.41 Å². The van der Waals surface area contributed by atoms with Gasteiger partial charge in [-0.05, 0) is 54.7 Å². The number of hydrogen-bond donors (Lipinski definition) is 0. The van der Waals surface area contributed by atoms with Crippen molar-refractivity contribution in [1.82, 2.24) is 4.90 Å². The summed E-state index contributed by atoms with van der Waals surface area (Å²) >= 11 is 0. The number of halogens is 1. The van der Waals surface area contributed by atoms with E-state index in [-0.39, 0.29) is 16.6 Å². The Bertz CT molecular complexity index is 692. The van der Waals surface area contributed by atoms with Crippen LogP contribution < -0.4 is 0 Å². The number of benzene rings is 1. The quantitative estimate of drug-likeness (QED) is 0.731. The van der Waals surface area contributed by atoms with Crippen LogP contribution in [0.15, 0.2) is 36.4 Å². The van der Waals surface area contributed by atoms with E-state index < -0.39 is 0 Å². The van der Waals surface area contributed by atoms with E-state index in [1.54, 1.807) is 0 Å². The van der Waals surface area contributed by atoms with Crippen molar-refractivity contribution >= 4 is 5.91 Å². The van der Waals surface area contributed by atoms with E-state index in [9.17, 15) is 9.18 Å². The van der Waals surface area contributed by atoms with Gasteiger partial charge in [-0.25, -0.2) is 4.39 Å². The predicted octanol–water partition coefficient (Wildman–Crippen LogP) is 4.52. The normalized spacial score (nSPS) is 34.1. The predicted molar refractivity (Wildman–Crippen MR) is 93.0 cm³/mol. The van der Waals surface area contributed by atoms with Crippen LogP contribution in [0.2, 0.25) is 0 Å². The average Bonchev–Trinajstić information content (AvgIpc) is 3.25. The van der Waals surface area contributed by atoms with Crippen LogP contribution in [-0.4, -0.2) is 23.9 Å². The molecule has 0 radical (unpaired) electrons. The van der Waals surface area contributed by atoms with Gasteiger partial charge in [0.1, 0.15) is 5.82 Å². The Hall–Kier alpha value is -1.64. The van der Waals surface area contributed by atoms with Crippen molar-refractivity contribution in [3.8, 4) is 0 Å². The van der Waals surface area contributed by atoms with Crippen LogP contribution in [0.4, 0.5) is 4.39 Å². The molecule has 4 rings (SSSR count). The maximum Gasteiger partial charge on any atom is 0.232 e. The highest BCUT2D eigenvalue weighted by atomic mass is 19.1.